The lowest BCUT2D eigenvalue weighted by Gasteiger charge is -2.20. The Balaban J connectivity index is 2.18. The number of aryl methyl sites for hydroxylation is 1. The SMILES string of the molecule is COc1cc(SC)c(OC)cc1CN(C)Cc1cn[nH]c1C. The number of nitrogens with zero attached hydrogens (tertiary/aromatic N) is 2. The molecule has 0 aliphatic heterocycles. The number of rotatable bonds is 7. The summed E-state index contributed by atoms with van der Waals surface area (Å²) in [5, 5.41) is 7.04. The summed E-state index contributed by atoms with van der Waals surface area (Å²) in [4.78, 5) is 3.31. The number of methoxy groups -OCH3 is 2. The van der Waals surface area contributed by atoms with Gasteiger partial charge in [0.15, 0.2) is 0 Å². The lowest BCUT2D eigenvalue weighted by Crippen LogP contribution is -2.18. The van der Waals surface area contributed by atoms with Crippen molar-refractivity contribution in [2.45, 2.75) is 24.9 Å². The van der Waals surface area contributed by atoms with Crippen molar-refractivity contribution in [1.29, 1.82) is 0 Å². The number of hydrogen-bond acceptors (Lipinski definition) is 5. The zero-order valence-corrected chi connectivity index (χ0v) is 14.6. The standard InChI is InChI=1S/C16H23N3O2S/c1-11-13(8-17-18-11)10-19(2)9-12-6-15(21-4)16(22-5)7-14(12)20-3/h6-8H,9-10H2,1-5H3,(H,17,18). The highest BCUT2D eigenvalue weighted by Crippen LogP contribution is 2.35. The van der Waals surface area contributed by atoms with Crippen molar-refractivity contribution >= 4 is 11.8 Å². The normalized spacial score (nSPS) is 11.0. The molecule has 0 saturated carbocycles. The number of H-pyrrole nitrogens is 1. The highest BCUT2D eigenvalue weighted by molar-refractivity contribution is 7.98. The monoisotopic (exact) mass is 321 g/mol. The number of thioether (sulfide) groups is 1. The molecular weight excluding hydrogens is 298 g/mol. The van der Waals surface area contributed by atoms with Gasteiger partial charge in [0.1, 0.15) is 11.5 Å². The van der Waals surface area contributed by atoms with Crippen LogP contribution in [0.2, 0.25) is 0 Å². The number of nitrogens with one attached hydrogen (secondary N) is 1. The average Bonchev–Trinajstić information content (AvgIpc) is 2.91. The predicted molar refractivity (Wildman–Crippen MR) is 89.8 cm³/mol. The Labute approximate surface area is 136 Å². The maximum Gasteiger partial charge on any atom is 0.132 e. The van der Waals surface area contributed by atoms with E-state index in [2.05, 4.69) is 28.2 Å². The molecule has 1 N–H and O–H groups in total. The molecule has 2 rings (SSSR count). The molecule has 0 unspecified atom stereocenters. The second kappa shape index (κ2) is 7.56. The highest BCUT2D eigenvalue weighted by Gasteiger charge is 2.13. The molecule has 1 heterocycles. The summed E-state index contributed by atoms with van der Waals surface area (Å²) in [6, 6.07) is 4.10. The van der Waals surface area contributed by atoms with Gasteiger partial charge in [-0.25, -0.2) is 0 Å². The van der Waals surface area contributed by atoms with Crippen LogP contribution < -0.4 is 9.47 Å². The zero-order valence-electron chi connectivity index (χ0n) is 13.8. The van der Waals surface area contributed by atoms with Gasteiger partial charge in [-0.1, -0.05) is 0 Å². The second-order valence-corrected chi connectivity index (χ2v) is 6.06. The van der Waals surface area contributed by atoms with Crippen molar-refractivity contribution in [2.75, 3.05) is 27.5 Å². The number of ether oxygens (including phenoxy) is 2. The van der Waals surface area contributed by atoms with Crippen LogP contribution in [0.5, 0.6) is 11.5 Å². The summed E-state index contributed by atoms with van der Waals surface area (Å²) >= 11 is 1.65. The van der Waals surface area contributed by atoms with E-state index in [0.717, 1.165) is 40.7 Å². The van der Waals surface area contributed by atoms with E-state index in [9.17, 15) is 0 Å². The van der Waals surface area contributed by atoms with Gasteiger partial charge in [0, 0.05) is 29.9 Å². The molecule has 1 aromatic carbocycles. The van der Waals surface area contributed by atoms with Crippen LogP contribution in [0.25, 0.3) is 0 Å². The molecule has 0 radical (unpaired) electrons. The van der Waals surface area contributed by atoms with Gasteiger partial charge in [-0.05, 0) is 32.4 Å². The molecule has 22 heavy (non-hydrogen) atoms. The minimum Gasteiger partial charge on any atom is -0.496 e. The molecule has 0 aliphatic carbocycles. The average molecular weight is 321 g/mol. The molecule has 0 amide bonds. The maximum absolute atomic E-state index is 5.53. The van der Waals surface area contributed by atoms with Crippen LogP contribution in [0.1, 0.15) is 16.8 Å². The molecule has 0 bridgehead atoms. The Morgan fingerprint density at radius 2 is 1.82 bits per heavy atom. The lowest BCUT2D eigenvalue weighted by atomic mass is 10.1. The molecule has 1 aromatic heterocycles. The summed E-state index contributed by atoms with van der Waals surface area (Å²) in [5.41, 5.74) is 3.42. The van der Waals surface area contributed by atoms with Crippen molar-refractivity contribution in [3.05, 3.63) is 35.2 Å². The third-order valence-electron chi connectivity index (χ3n) is 3.60. The minimum absolute atomic E-state index is 0.777. The van der Waals surface area contributed by atoms with E-state index in [0.29, 0.717) is 0 Å². The summed E-state index contributed by atoms with van der Waals surface area (Å²) in [5.74, 6) is 1.78. The maximum atomic E-state index is 5.53. The zero-order chi connectivity index (χ0) is 16.1. The summed E-state index contributed by atoms with van der Waals surface area (Å²) in [6.07, 6.45) is 3.91. The Morgan fingerprint density at radius 1 is 1.14 bits per heavy atom. The molecule has 0 aliphatic rings. The molecule has 120 valence electrons. The number of aromatic amines is 1. The van der Waals surface area contributed by atoms with E-state index >= 15 is 0 Å². The Bertz CT molecular complexity index is 628. The Morgan fingerprint density at radius 3 is 2.36 bits per heavy atom. The first-order valence-corrected chi connectivity index (χ1v) is 8.27. The number of benzene rings is 1. The van der Waals surface area contributed by atoms with E-state index < -0.39 is 0 Å². The molecular formula is C16H23N3O2S. The van der Waals surface area contributed by atoms with E-state index in [1.165, 1.54) is 5.56 Å². The molecule has 6 heteroatoms. The van der Waals surface area contributed by atoms with Crippen molar-refractivity contribution in [3.8, 4) is 11.5 Å². The fraction of sp³-hybridized carbons (Fsp3) is 0.438. The second-order valence-electron chi connectivity index (χ2n) is 5.21. The summed E-state index contributed by atoms with van der Waals surface area (Å²) in [7, 11) is 5.49. The largest absolute Gasteiger partial charge is 0.496 e. The van der Waals surface area contributed by atoms with Crippen molar-refractivity contribution in [3.63, 3.8) is 0 Å². The van der Waals surface area contributed by atoms with Gasteiger partial charge in [-0.2, -0.15) is 5.10 Å². The van der Waals surface area contributed by atoms with Crippen molar-refractivity contribution in [1.82, 2.24) is 15.1 Å². The van der Waals surface area contributed by atoms with Gasteiger partial charge in [-0.3, -0.25) is 10.00 Å². The van der Waals surface area contributed by atoms with Crippen molar-refractivity contribution in [2.24, 2.45) is 0 Å². The Hall–Kier alpha value is -1.66. The fourth-order valence-corrected chi connectivity index (χ4v) is 2.96. The fourth-order valence-electron chi connectivity index (χ4n) is 2.39. The summed E-state index contributed by atoms with van der Waals surface area (Å²) < 4.78 is 11.0. The Kier molecular flexibility index (Phi) is 5.74. The van der Waals surface area contributed by atoms with Gasteiger partial charge in [-0.15, -0.1) is 11.8 Å². The lowest BCUT2D eigenvalue weighted by molar-refractivity contribution is 0.307. The highest BCUT2D eigenvalue weighted by atomic mass is 32.2. The molecule has 5 nitrogen and oxygen atoms in total. The predicted octanol–water partition coefficient (Wildman–Crippen LogP) is 3.09. The third kappa shape index (κ3) is 3.75. The van der Waals surface area contributed by atoms with Crippen LogP contribution in [0.3, 0.4) is 0 Å². The van der Waals surface area contributed by atoms with E-state index in [1.807, 2.05) is 25.4 Å². The topological polar surface area (TPSA) is 50.4 Å². The van der Waals surface area contributed by atoms with Crippen LogP contribution >= 0.6 is 11.8 Å². The first kappa shape index (κ1) is 16.7. The van der Waals surface area contributed by atoms with Gasteiger partial charge < -0.3 is 9.47 Å². The molecule has 0 spiro atoms. The molecule has 0 fully saturated rings. The minimum atomic E-state index is 0.777. The number of aromatic nitrogens is 2. The van der Waals surface area contributed by atoms with Gasteiger partial charge in [0.25, 0.3) is 0 Å². The molecule has 2 aromatic rings. The van der Waals surface area contributed by atoms with Gasteiger partial charge in [0.2, 0.25) is 0 Å². The smallest absolute Gasteiger partial charge is 0.132 e. The van der Waals surface area contributed by atoms with Crippen LogP contribution in [0.4, 0.5) is 0 Å². The quantitative estimate of drug-likeness (QED) is 0.794. The van der Waals surface area contributed by atoms with Gasteiger partial charge in [0.05, 0.1) is 25.3 Å². The van der Waals surface area contributed by atoms with Crippen LogP contribution in [-0.2, 0) is 13.1 Å². The van der Waals surface area contributed by atoms with Crippen LogP contribution in [-0.4, -0.2) is 42.6 Å². The first-order chi connectivity index (χ1) is 10.6. The summed E-state index contributed by atoms with van der Waals surface area (Å²) in [6.45, 7) is 3.64. The van der Waals surface area contributed by atoms with E-state index in [1.54, 1.807) is 26.0 Å². The first-order valence-electron chi connectivity index (χ1n) is 7.05. The van der Waals surface area contributed by atoms with E-state index in [-0.39, 0.29) is 0 Å². The van der Waals surface area contributed by atoms with E-state index in [4.69, 9.17) is 9.47 Å². The molecule has 0 atom stereocenters. The van der Waals surface area contributed by atoms with Crippen LogP contribution in [0.15, 0.2) is 23.2 Å². The van der Waals surface area contributed by atoms with Crippen LogP contribution in [0, 0.1) is 6.92 Å². The van der Waals surface area contributed by atoms with Crippen molar-refractivity contribution < 1.29 is 9.47 Å². The van der Waals surface area contributed by atoms with Gasteiger partial charge >= 0.3 is 0 Å². The molecule has 0 saturated heterocycles. The number of hydrogen-bond donors (Lipinski definition) is 1. The third-order valence-corrected chi connectivity index (χ3v) is 4.36.